The number of rotatable bonds is 4. The van der Waals surface area contributed by atoms with Crippen molar-refractivity contribution in [3.8, 4) is 11.8 Å². The maximum absolute atomic E-state index is 12.2. The molecule has 21 heavy (non-hydrogen) atoms. The van der Waals surface area contributed by atoms with Crippen LogP contribution in [-0.2, 0) is 6.54 Å². The summed E-state index contributed by atoms with van der Waals surface area (Å²) in [6.07, 6.45) is 0.477. The Bertz CT molecular complexity index is 681. The number of aliphatic hydroxyl groups excluding tert-OH is 1. The van der Waals surface area contributed by atoms with E-state index in [0.29, 0.717) is 22.2 Å². The molecule has 2 aromatic heterocycles. The Morgan fingerprint density at radius 3 is 2.95 bits per heavy atom. The second-order valence-electron chi connectivity index (χ2n) is 4.36. The lowest BCUT2D eigenvalue weighted by atomic mass is 10.2. The molecule has 0 aliphatic rings. The molecule has 2 aromatic rings. The minimum Gasteiger partial charge on any atom is -0.395 e. The maximum Gasteiger partial charge on any atom is 0.264 e. The average Bonchev–Trinajstić information content (AvgIpc) is 3.07. The highest BCUT2D eigenvalue weighted by molar-refractivity contribution is 7.18. The molecule has 2 rings (SSSR count). The first-order valence-electron chi connectivity index (χ1n) is 6.28. The molecule has 1 N–H and O–H groups in total. The quantitative estimate of drug-likeness (QED) is 0.866. The summed E-state index contributed by atoms with van der Waals surface area (Å²) < 4.78 is 0.615. The van der Waals surface area contributed by atoms with Crippen molar-refractivity contribution in [3.63, 3.8) is 0 Å². The van der Waals surface area contributed by atoms with Gasteiger partial charge in [-0.1, -0.05) is 23.4 Å². The van der Waals surface area contributed by atoms with Crippen LogP contribution in [0, 0.1) is 11.8 Å². The van der Waals surface area contributed by atoms with E-state index < -0.39 is 0 Å². The number of hydrogen-bond donors (Lipinski definition) is 1. The molecule has 0 aliphatic carbocycles. The highest BCUT2D eigenvalue weighted by Crippen LogP contribution is 2.23. The Morgan fingerprint density at radius 1 is 1.48 bits per heavy atom. The topological polar surface area (TPSA) is 40.5 Å². The molecule has 3 nitrogen and oxygen atoms in total. The van der Waals surface area contributed by atoms with E-state index in [4.69, 9.17) is 16.7 Å². The summed E-state index contributed by atoms with van der Waals surface area (Å²) in [4.78, 5) is 15.4. The van der Waals surface area contributed by atoms with Crippen LogP contribution in [0.15, 0.2) is 23.6 Å². The van der Waals surface area contributed by atoms with Crippen LogP contribution < -0.4 is 0 Å². The lowest BCUT2D eigenvalue weighted by molar-refractivity contribution is 0.0790. The second-order valence-corrected chi connectivity index (χ2v) is 6.99. The monoisotopic (exact) mass is 339 g/mol. The third kappa shape index (κ3) is 4.58. The van der Waals surface area contributed by atoms with Gasteiger partial charge in [-0.2, -0.15) is 0 Å². The van der Waals surface area contributed by atoms with E-state index in [9.17, 15) is 4.79 Å². The molecule has 0 aromatic carbocycles. The fraction of sp³-hybridized carbons (Fsp3) is 0.267. The van der Waals surface area contributed by atoms with Gasteiger partial charge < -0.3 is 10.0 Å². The summed E-state index contributed by atoms with van der Waals surface area (Å²) >= 11 is 8.68. The van der Waals surface area contributed by atoms with E-state index in [1.54, 1.807) is 35.4 Å². The number of hydrogen-bond acceptors (Lipinski definition) is 4. The number of aliphatic hydroxyl groups is 1. The predicted molar refractivity (Wildman–Crippen MR) is 88.0 cm³/mol. The second kappa shape index (κ2) is 7.62. The van der Waals surface area contributed by atoms with E-state index in [-0.39, 0.29) is 12.5 Å². The molecule has 6 heteroatoms. The first kappa shape index (κ1) is 16.1. The van der Waals surface area contributed by atoms with Gasteiger partial charge in [-0.15, -0.1) is 22.7 Å². The molecular weight excluding hydrogens is 326 g/mol. The maximum atomic E-state index is 12.2. The predicted octanol–water partition coefficient (Wildman–Crippen LogP) is 3.47. The minimum absolute atomic E-state index is 0.0361. The van der Waals surface area contributed by atoms with Gasteiger partial charge in [0.25, 0.3) is 5.91 Å². The third-order valence-corrected chi connectivity index (χ3v) is 4.77. The van der Waals surface area contributed by atoms with Crippen molar-refractivity contribution in [1.29, 1.82) is 0 Å². The Morgan fingerprint density at radius 2 is 2.29 bits per heavy atom. The first-order chi connectivity index (χ1) is 10.1. The zero-order chi connectivity index (χ0) is 15.2. The normalized spacial score (nSPS) is 10.0. The Balaban J connectivity index is 1.98. The molecule has 0 radical (unpaired) electrons. The van der Waals surface area contributed by atoms with Crippen molar-refractivity contribution in [2.45, 2.75) is 13.0 Å². The van der Waals surface area contributed by atoms with E-state index in [1.165, 1.54) is 11.3 Å². The Labute approximate surface area is 136 Å². The standard InChI is InChI=1S/C15H14ClNO2S2/c1-17(15(19)13-5-6-14(16)21-13)9-11-8-12(20-10-11)4-2-3-7-18/h5-6,8,10,18H,3,7,9H2,1H3. The van der Waals surface area contributed by atoms with E-state index in [0.717, 1.165) is 10.4 Å². The summed E-state index contributed by atoms with van der Waals surface area (Å²) in [5.74, 6) is 5.84. The lowest BCUT2D eigenvalue weighted by Gasteiger charge is -2.15. The number of halogens is 1. The van der Waals surface area contributed by atoms with Crippen LogP contribution in [0.3, 0.4) is 0 Å². The van der Waals surface area contributed by atoms with Gasteiger partial charge in [0.15, 0.2) is 0 Å². The van der Waals surface area contributed by atoms with E-state index in [1.807, 2.05) is 11.4 Å². The van der Waals surface area contributed by atoms with Crippen LogP contribution in [0.1, 0.15) is 26.5 Å². The molecule has 0 unspecified atom stereocenters. The number of thiophene rings is 2. The van der Waals surface area contributed by atoms with Gasteiger partial charge in [-0.05, 0) is 29.1 Å². The smallest absolute Gasteiger partial charge is 0.264 e. The third-order valence-electron chi connectivity index (χ3n) is 2.65. The minimum atomic E-state index is -0.0361. The van der Waals surface area contributed by atoms with Crippen molar-refractivity contribution >= 4 is 40.2 Å². The molecule has 110 valence electrons. The summed E-state index contributed by atoms with van der Waals surface area (Å²) in [5.41, 5.74) is 1.05. The van der Waals surface area contributed by atoms with E-state index >= 15 is 0 Å². The Hall–Kier alpha value is -1.32. The first-order valence-corrected chi connectivity index (χ1v) is 8.35. The SMILES string of the molecule is CN(Cc1csc(C#CCCO)c1)C(=O)c1ccc(Cl)s1. The largest absolute Gasteiger partial charge is 0.395 e. The highest BCUT2D eigenvalue weighted by Gasteiger charge is 2.14. The molecule has 0 spiro atoms. The summed E-state index contributed by atoms with van der Waals surface area (Å²) in [6, 6.07) is 5.44. The van der Waals surface area contributed by atoms with Crippen molar-refractivity contribution in [1.82, 2.24) is 4.90 Å². The number of nitrogens with zero attached hydrogens (tertiary/aromatic N) is 1. The summed E-state index contributed by atoms with van der Waals surface area (Å²) in [7, 11) is 1.77. The van der Waals surface area contributed by atoms with E-state index in [2.05, 4.69) is 11.8 Å². The van der Waals surface area contributed by atoms with Crippen LogP contribution in [-0.4, -0.2) is 29.6 Å². The van der Waals surface area contributed by atoms with Gasteiger partial charge >= 0.3 is 0 Å². The molecule has 0 atom stereocenters. The van der Waals surface area contributed by atoms with Gasteiger partial charge in [0, 0.05) is 20.0 Å². The zero-order valence-corrected chi connectivity index (χ0v) is 13.8. The highest BCUT2D eigenvalue weighted by atomic mass is 35.5. The van der Waals surface area contributed by atoms with Crippen molar-refractivity contribution in [2.24, 2.45) is 0 Å². The zero-order valence-electron chi connectivity index (χ0n) is 11.4. The molecule has 0 fully saturated rings. The molecule has 0 saturated heterocycles. The van der Waals surface area contributed by atoms with Crippen molar-refractivity contribution in [2.75, 3.05) is 13.7 Å². The van der Waals surface area contributed by atoms with Crippen LogP contribution in [0.25, 0.3) is 0 Å². The van der Waals surface area contributed by atoms with Gasteiger partial charge in [-0.3, -0.25) is 4.79 Å². The summed E-state index contributed by atoms with van der Waals surface area (Å²) in [6.45, 7) is 0.610. The Kier molecular flexibility index (Phi) is 5.83. The lowest BCUT2D eigenvalue weighted by Crippen LogP contribution is -2.25. The molecule has 1 amide bonds. The van der Waals surface area contributed by atoms with Gasteiger partial charge in [0.1, 0.15) is 0 Å². The van der Waals surface area contributed by atoms with Crippen LogP contribution in [0.5, 0.6) is 0 Å². The molecule has 2 heterocycles. The van der Waals surface area contributed by atoms with Crippen LogP contribution in [0.2, 0.25) is 4.34 Å². The molecule has 0 saturated carbocycles. The van der Waals surface area contributed by atoms with Gasteiger partial charge in [0.2, 0.25) is 0 Å². The number of carbonyl (C=O) groups excluding carboxylic acids is 1. The van der Waals surface area contributed by atoms with Gasteiger partial charge in [0.05, 0.1) is 20.7 Å². The molecule has 0 bridgehead atoms. The fourth-order valence-electron chi connectivity index (χ4n) is 1.69. The number of amides is 1. The van der Waals surface area contributed by atoms with Crippen molar-refractivity contribution < 1.29 is 9.90 Å². The van der Waals surface area contributed by atoms with Gasteiger partial charge in [-0.25, -0.2) is 0 Å². The fourth-order valence-corrected chi connectivity index (χ4v) is 3.50. The molecule has 0 aliphatic heterocycles. The van der Waals surface area contributed by atoms with Crippen LogP contribution >= 0.6 is 34.3 Å². The average molecular weight is 340 g/mol. The summed E-state index contributed by atoms with van der Waals surface area (Å²) in [5, 5.41) is 10.7. The molecular formula is C15H14ClNO2S2. The number of carbonyl (C=O) groups is 1. The van der Waals surface area contributed by atoms with Crippen LogP contribution in [0.4, 0.5) is 0 Å². The van der Waals surface area contributed by atoms with Crippen molar-refractivity contribution in [3.05, 3.63) is 43.2 Å².